The van der Waals surface area contributed by atoms with Gasteiger partial charge in [-0.2, -0.15) is 0 Å². The van der Waals surface area contributed by atoms with E-state index in [1.165, 1.54) is 0 Å². The lowest BCUT2D eigenvalue weighted by atomic mass is 10.4. The van der Waals surface area contributed by atoms with Gasteiger partial charge >= 0.3 is 5.69 Å². The molecule has 0 aliphatic heterocycles. The first-order valence-corrected chi connectivity index (χ1v) is 5.40. The largest absolute Gasteiger partial charge is 0.444 e. The molecule has 19 heavy (non-hydrogen) atoms. The standard InChI is InChI=1S/C10H12N6O3/c1-5-6(2)19-7(15-5)3-12-10-8(16(17)18)9(11)13-4-14-10/h4H,3H2,1-2H3,(H3,11,12,13,14). The van der Waals surface area contributed by atoms with Gasteiger partial charge in [0, 0.05) is 0 Å². The van der Waals surface area contributed by atoms with Crippen LogP contribution in [-0.2, 0) is 6.54 Å². The fourth-order valence-corrected chi connectivity index (χ4v) is 1.48. The molecule has 0 radical (unpaired) electrons. The second-order valence-electron chi connectivity index (χ2n) is 3.82. The molecule has 9 heteroatoms. The maximum absolute atomic E-state index is 10.9. The molecule has 2 aromatic rings. The summed E-state index contributed by atoms with van der Waals surface area (Å²) in [5, 5.41) is 13.6. The topological polar surface area (TPSA) is 133 Å². The van der Waals surface area contributed by atoms with E-state index in [1.54, 1.807) is 6.92 Å². The Hall–Kier alpha value is -2.71. The zero-order valence-electron chi connectivity index (χ0n) is 10.4. The van der Waals surface area contributed by atoms with Crippen molar-refractivity contribution in [3.8, 4) is 0 Å². The van der Waals surface area contributed by atoms with Crippen molar-refractivity contribution in [2.75, 3.05) is 11.1 Å². The van der Waals surface area contributed by atoms with E-state index in [4.69, 9.17) is 10.2 Å². The van der Waals surface area contributed by atoms with E-state index in [1.807, 2.05) is 6.92 Å². The molecule has 0 unspecified atom stereocenters. The lowest BCUT2D eigenvalue weighted by molar-refractivity contribution is -0.383. The minimum atomic E-state index is -0.635. The Morgan fingerprint density at radius 1 is 1.47 bits per heavy atom. The number of hydrogen-bond acceptors (Lipinski definition) is 8. The summed E-state index contributed by atoms with van der Waals surface area (Å²) in [5.41, 5.74) is 5.86. The van der Waals surface area contributed by atoms with Crippen LogP contribution in [0.15, 0.2) is 10.7 Å². The highest BCUT2D eigenvalue weighted by Gasteiger charge is 2.21. The van der Waals surface area contributed by atoms with Gasteiger partial charge in [0.25, 0.3) is 0 Å². The van der Waals surface area contributed by atoms with Gasteiger partial charge in [-0.1, -0.05) is 0 Å². The average Bonchev–Trinajstić information content (AvgIpc) is 2.65. The maximum atomic E-state index is 10.9. The van der Waals surface area contributed by atoms with Crippen LogP contribution in [-0.4, -0.2) is 19.9 Å². The molecule has 0 saturated heterocycles. The van der Waals surface area contributed by atoms with Gasteiger partial charge in [0.1, 0.15) is 12.1 Å². The minimum absolute atomic E-state index is 0.0333. The molecule has 0 aliphatic carbocycles. The highest BCUT2D eigenvalue weighted by molar-refractivity contribution is 5.67. The summed E-state index contributed by atoms with van der Waals surface area (Å²) in [4.78, 5) is 21.8. The van der Waals surface area contributed by atoms with Crippen molar-refractivity contribution in [1.29, 1.82) is 0 Å². The van der Waals surface area contributed by atoms with E-state index in [-0.39, 0.29) is 23.9 Å². The van der Waals surface area contributed by atoms with Crippen LogP contribution in [0.3, 0.4) is 0 Å². The molecule has 0 saturated carbocycles. The molecule has 0 amide bonds. The van der Waals surface area contributed by atoms with Crippen LogP contribution in [0.4, 0.5) is 17.3 Å². The number of anilines is 2. The van der Waals surface area contributed by atoms with Crippen molar-refractivity contribution in [2.45, 2.75) is 20.4 Å². The van der Waals surface area contributed by atoms with Gasteiger partial charge in [-0.05, 0) is 13.8 Å². The SMILES string of the molecule is Cc1nc(CNc2ncnc(N)c2[N+](=O)[O-])oc1C. The predicted molar refractivity (Wildman–Crippen MR) is 66.4 cm³/mol. The van der Waals surface area contributed by atoms with Crippen molar-refractivity contribution in [2.24, 2.45) is 0 Å². The number of nitrogens with one attached hydrogen (secondary N) is 1. The minimum Gasteiger partial charge on any atom is -0.444 e. The van der Waals surface area contributed by atoms with E-state index >= 15 is 0 Å². The van der Waals surface area contributed by atoms with Crippen molar-refractivity contribution >= 4 is 17.3 Å². The molecule has 9 nitrogen and oxygen atoms in total. The first-order valence-electron chi connectivity index (χ1n) is 5.40. The molecule has 0 fully saturated rings. The third kappa shape index (κ3) is 2.59. The molecule has 0 atom stereocenters. The normalized spacial score (nSPS) is 10.4. The van der Waals surface area contributed by atoms with Gasteiger partial charge in [-0.25, -0.2) is 15.0 Å². The van der Waals surface area contributed by atoms with Crippen LogP contribution in [0.5, 0.6) is 0 Å². The summed E-state index contributed by atoms with van der Waals surface area (Å²) in [5.74, 6) is 0.961. The van der Waals surface area contributed by atoms with Crippen LogP contribution in [0, 0.1) is 24.0 Å². The molecule has 3 N–H and O–H groups in total. The molecule has 0 bridgehead atoms. The second-order valence-corrected chi connectivity index (χ2v) is 3.82. The summed E-state index contributed by atoms with van der Waals surface area (Å²) in [6, 6.07) is 0. The number of nitrogens with two attached hydrogens (primary N) is 1. The number of nitrogen functional groups attached to an aromatic ring is 1. The number of rotatable bonds is 4. The summed E-state index contributed by atoms with van der Waals surface area (Å²) in [6.07, 6.45) is 1.15. The summed E-state index contributed by atoms with van der Waals surface area (Å²) < 4.78 is 5.35. The Morgan fingerprint density at radius 3 is 2.79 bits per heavy atom. The molecule has 2 aromatic heterocycles. The molecular formula is C10H12N6O3. The third-order valence-electron chi connectivity index (χ3n) is 2.51. The Bertz CT molecular complexity index is 604. The number of nitrogens with zero attached hydrogens (tertiary/aromatic N) is 4. The smallest absolute Gasteiger partial charge is 0.352 e. The maximum Gasteiger partial charge on any atom is 0.352 e. The van der Waals surface area contributed by atoms with Crippen molar-refractivity contribution in [1.82, 2.24) is 15.0 Å². The Balaban J connectivity index is 2.20. The van der Waals surface area contributed by atoms with Gasteiger partial charge in [0.15, 0.2) is 0 Å². The number of hydrogen-bond donors (Lipinski definition) is 2. The lowest BCUT2D eigenvalue weighted by Crippen LogP contribution is -2.08. The van der Waals surface area contributed by atoms with Crippen LogP contribution >= 0.6 is 0 Å². The second kappa shape index (κ2) is 4.88. The lowest BCUT2D eigenvalue weighted by Gasteiger charge is -2.04. The zero-order valence-corrected chi connectivity index (χ0v) is 10.4. The summed E-state index contributed by atoms with van der Waals surface area (Å²) >= 11 is 0. The number of oxazole rings is 1. The fraction of sp³-hybridized carbons (Fsp3) is 0.300. The number of aryl methyl sites for hydroxylation is 2. The molecule has 0 aromatic carbocycles. The van der Waals surface area contributed by atoms with Crippen molar-refractivity contribution < 1.29 is 9.34 Å². The van der Waals surface area contributed by atoms with Crippen molar-refractivity contribution in [3.63, 3.8) is 0 Å². The molecule has 2 heterocycles. The Kier molecular flexibility index (Phi) is 3.27. The van der Waals surface area contributed by atoms with E-state index in [2.05, 4.69) is 20.3 Å². The van der Waals surface area contributed by atoms with Crippen LogP contribution in [0.25, 0.3) is 0 Å². The van der Waals surface area contributed by atoms with Crippen LogP contribution in [0.1, 0.15) is 17.3 Å². The van der Waals surface area contributed by atoms with Gasteiger partial charge in [-0.15, -0.1) is 0 Å². The summed E-state index contributed by atoms with van der Waals surface area (Å²) in [7, 11) is 0. The fourth-order valence-electron chi connectivity index (χ4n) is 1.48. The first kappa shape index (κ1) is 12.7. The van der Waals surface area contributed by atoms with Crippen molar-refractivity contribution in [3.05, 3.63) is 33.8 Å². The molecule has 0 aliphatic rings. The quantitative estimate of drug-likeness (QED) is 0.621. The Labute approximate surface area is 108 Å². The third-order valence-corrected chi connectivity index (χ3v) is 2.51. The van der Waals surface area contributed by atoms with E-state index in [0.29, 0.717) is 11.7 Å². The number of nitro groups is 1. The zero-order chi connectivity index (χ0) is 14.0. The van der Waals surface area contributed by atoms with Gasteiger partial charge in [-0.3, -0.25) is 10.1 Å². The molecule has 0 spiro atoms. The van der Waals surface area contributed by atoms with Crippen LogP contribution < -0.4 is 11.1 Å². The first-order chi connectivity index (χ1) is 8.99. The van der Waals surface area contributed by atoms with E-state index in [0.717, 1.165) is 12.0 Å². The van der Waals surface area contributed by atoms with Gasteiger partial charge in [0.2, 0.25) is 17.5 Å². The Morgan fingerprint density at radius 2 is 2.21 bits per heavy atom. The molecular weight excluding hydrogens is 252 g/mol. The highest BCUT2D eigenvalue weighted by Crippen LogP contribution is 2.26. The highest BCUT2D eigenvalue weighted by atomic mass is 16.6. The van der Waals surface area contributed by atoms with Gasteiger partial charge < -0.3 is 15.5 Å². The van der Waals surface area contributed by atoms with Gasteiger partial charge in [0.05, 0.1) is 17.2 Å². The van der Waals surface area contributed by atoms with E-state index < -0.39 is 4.92 Å². The summed E-state index contributed by atoms with van der Waals surface area (Å²) in [6.45, 7) is 3.77. The predicted octanol–water partition coefficient (Wildman–Crippen LogP) is 1.18. The molecule has 2 rings (SSSR count). The van der Waals surface area contributed by atoms with Crippen LogP contribution in [0.2, 0.25) is 0 Å². The monoisotopic (exact) mass is 264 g/mol. The average molecular weight is 264 g/mol. The van der Waals surface area contributed by atoms with E-state index in [9.17, 15) is 10.1 Å². The number of aromatic nitrogens is 3. The molecule has 100 valence electrons.